The number of piperazine rings is 1. The average molecular weight is 452 g/mol. The topological polar surface area (TPSA) is 79.0 Å². The first kappa shape index (κ1) is 21.7. The quantitative estimate of drug-likeness (QED) is 0.621. The van der Waals surface area contributed by atoms with Crippen LogP contribution in [-0.2, 0) is 10.0 Å². The van der Waals surface area contributed by atoms with Gasteiger partial charge in [0.15, 0.2) is 0 Å². The molecular formula is C24H25N3O4S. The number of rotatable bonds is 6. The van der Waals surface area contributed by atoms with Crippen LogP contribution in [0.15, 0.2) is 83.8 Å². The van der Waals surface area contributed by atoms with E-state index < -0.39 is 10.0 Å². The van der Waals surface area contributed by atoms with E-state index in [2.05, 4.69) is 9.62 Å². The van der Waals surface area contributed by atoms with Crippen molar-refractivity contribution in [1.29, 1.82) is 0 Å². The molecule has 0 unspecified atom stereocenters. The number of hydrogen-bond donors (Lipinski definition) is 1. The highest BCUT2D eigenvalue weighted by molar-refractivity contribution is 7.92. The number of carbonyl (C=O) groups excluding carboxylic acids is 1. The molecular weight excluding hydrogens is 426 g/mol. The number of anilines is 2. The summed E-state index contributed by atoms with van der Waals surface area (Å²) in [6, 6.07) is 22.6. The molecule has 8 heteroatoms. The minimum absolute atomic E-state index is 0.120. The number of benzene rings is 3. The Morgan fingerprint density at radius 3 is 2.28 bits per heavy atom. The van der Waals surface area contributed by atoms with Gasteiger partial charge in [0, 0.05) is 37.4 Å². The zero-order valence-corrected chi connectivity index (χ0v) is 18.6. The molecule has 7 nitrogen and oxygen atoms in total. The SMILES string of the molecule is COc1ccccc1N1CCN(C(=O)c2cccc(NS(=O)(=O)c3ccccc3)c2)CC1. The van der Waals surface area contributed by atoms with Crippen LogP contribution in [0.2, 0.25) is 0 Å². The molecule has 0 atom stereocenters. The number of para-hydroxylation sites is 2. The van der Waals surface area contributed by atoms with Crippen LogP contribution in [0, 0.1) is 0 Å². The standard InChI is InChI=1S/C24H25N3O4S/c1-31-23-13-6-5-12-22(23)26-14-16-27(17-15-26)24(28)19-8-7-9-20(18-19)25-32(29,30)21-10-3-2-4-11-21/h2-13,18,25H,14-17H2,1H3. The summed E-state index contributed by atoms with van der Waals surface area (Å²) in [6.07, 6.45) is 0. The molecule has 0 spiro atoms. The molecule has 1 N–H and O–H groups in total. The largest absolute Gasteiger partial charge is 0.495 e. The molecule has 166 valence electrons. The molecule has 0 radical (unpaired) electrons. The Morgan fingerprint density at radius 2 is 1.56 bits per heavy atom. The lowest BCUT2D eigenvalue weighted by molar-refractivity contribution is 0.0746. The maximum Gasteiger partial charge on any atom is 0.261 e. The maximum absolute atomic E-state index is 13.1. The normalized spacial score (nSPS) is 14.2. The predicted molar refractivity (Wildman–Crippen MR) is 125 cm³/mol. The number of carbonyl (C=O) groups is 1. The third-order valence-corrected chi connectivity index (χ3v) is 6.81. The van der Waals surface area contributed by atoms with E-state index in [-0.39, 0.29) is 10.8 Å². The molecule has 32 heavy (non-hydrogen) atoms. The van der Waals surface area contributed by atoms with Crippen molar-refractivity contribution in [3.05, 3.63) is 84.4 Å². The van der Waals surface area contributed by atoms with Crippen LogP contribution in [0.25, 0.3) is 0 Å². The third kappa shape index (κ3) is 4.70. The van der Waals surface area contributed by atoms with Gasteiger partial charge in [-0.05, 0) is 42.5 Å². The van der Waals surface area contributed by atoms with E-state index in [1.807, 2.05) is 24.3 Å². The minimum atomic E-state index is -3.72. The van der Waals surface area contributed by atoms with Crippen LogP contribution in [0.1, 0.15) is 10.4 Å². The zero-order valence-electron chi connectivity index (χ0n) is 17.8. The van der Waals surface area contributed by atoms with Crippen molar-refractivity contribution in [1.82, 2.24) is 4.90 Å². The highest BCUT2D eigenvalue weighted by Gasteiger charge is 2.24. The van der Waals surface area contributed by atoms with Crippen molar-refractivity contribution in [2.24, 2.45) is 0 Å². The minimum Gasteiger partial charge on any atom is -0.495 e. The molecule has 1 saturated heterocycles. The number of ether oxygens (including phenoxy) is 1. The molecule has 1 aliphatic heterocycles. The second-order valence-corrected chi connectivity index (χ2v) is 9.13. The Morgan fingerprint density at radius 1 is 0.875 bits per heavy atom. The van der Waals surface area contributed by atoms with E-state index in [9.17, 15) is 13.2 Å². The molecule has 0 aromatic heterocycles. The Kier molecular flexibility index (Phi) is 6.32. The van der Waals surface area contributed by atoms with Crippen LogP contribution in [0.3, 0.4) is 0 Å². The van der Waals surface area contributed by atoms with E-state index in [0.717, 1.165) is 11.4 Å². The predicted octanol–water partition coefficient (Wildman–Crippen LogP) is 3.46. The lowest BCUT2D eigenvalue weighted by atomic mass is 10.1. The zero-order chi connectivity index (χ0) is 22.6. The molecule has 1 fully saturated rings. The molecule has 1 heterocycles. The number of nitrogens with one attached hydrogen (secondary N) is 1. The Bertz CT molecular complexity index is 1190. The van der Waals surface area contributed by atoms with Crippen LogP contribution in [0.4, 0.5) is 11.4 Å². The van der Waals surface area contributed by atoms with Gasteiger partial charge in [-0.2, -0.15) is 0 Å². The van der Waals surface area contributed by atoms with Crippen LogP contribution < -0.4 is 14.4 Å². The molecule has 0 bridgehead atoms. The van der Waals surface area contributed by atoms with Gasteiger partial charge in [-0.15, -0.1) is 0 Å². The fourth-order valence-corrected chi connectivity index (χ4v) is 4.82. The van der Waals surface area contributed by atoms with Crippen molar-refractivity contribution in [2.75, 3.05) is 42.9 Å². The van der Waals surface area contributed by atoms with Gasteiger partial charge in [0.1, 0.15) is 5.75 Å². The molecule has 0 aliphatic carbocycles. The molecule has 3 aromatic rings. The summed E-state index contributed by atoms with van der Waals surface area (Å²) in [5, 5.41) is 0. The maximum atomic E-state index is 13.1. The molecule has 3 aromatic carbocycles. The van der Waals surface area contributed by atoms with E-state index in [1.165, 1.54) is 12.1 Å². The molecule has 0 saturated carbocycles. The molecule has 4 rings (SSSR count). The van der Waals surface area contributed by atoms with Gasteiger partial charge in [-0.3, -0.25) is 9.52 Å². The van der Waals surface area contributed by atoms with Crippen LogP contribution >= 0.6 is 0 Å². The number of methoxy groups -OCH3 is 1. The van der Waals surface area contributed by atoms with E-state index in [4.69, 9.17) is 4.74 Å². The first-order chi connectivity index (χ1) is 15.5. The Balaban J connectivity index is 1.43. The van der Waals surface area contributed by atoms with Gasteiger partial charge >= 0.3 is 0 Å². The fourth-order valence-electron chi connectivity index (χ4n) is 3.75. The second kappa shape index (κ2) is 9.32. The lowest BCUT2D eigenvalue weighted by Crippen LogP contribution is -2.48. The summed E-state index contributed by atoms with van der Waals surface area (Å²) >= 11 is 0. The number of sulfonamides is 1. The van der Waals surface area contributed by atoms with Gasteiger partial charge in [-0.25, -0.2) is 8.42 Å². The van der Waals surface area contributed by atoms with Crippen molar-refractivity contribution in [3.8, 4) is 5.75 Å². The van der Waals surface area contributed by atoms with Crippen LogP contribution in [-0.4, -0.2) is 52.5 Å². The molecule has 1 aliphatic rings. The van der Waals surface area contributed by atoms with Crippen molar-refractivity contribution in [2.45, 2.75) is 4.90 Å². The summed E-state index contributed by atoms with van der Waals surface area (Å²) < 4.78 is 33.2. The highest BCUT2D eigenvalue weighted by Crippen LogP contribution is 2.28. The van der Waals surface area contributed by atoms with Gasteiger partial charge in [0.25, 0.3) is 15.9 Å². The van der Waals surface area contributed by atoms with E-state index in [1.54, 1.807) is 54.5 Å². The monoisotopic (exact) mass is 451 g/mol. The molecule has 1 amide bonds. The average Bonchev–Trinajstić information content (AvgIpc) is 2.84. The van der Waals surface area contributed by atoms with Gasteiger partial charge in [0.05, 0.1) is 17.7 Å². The summed E-state index contributed by atoms with van der Waals surface area (Å²) in [4.78, 5) is 17.2. The van der Waals surface area contributed by atoms with Gasteiger partial charge in [0.2, 0.25) is 0 Å². The van der Waals surface area contributed by atoms with Crippen LogP contribution in [0.5, 0.6) is 5.75 Å². The summed E-state index contributed by atoms with van der Waals surface area (Å²) in [5.74, 6) is 0.691. The number of amides is 1. The van der Waals surface area contributed by atoms with Crippen molar-refractivity contribution < 1.29 is 17.9 Å². The van der Waals surface area contributed by atoms with E-state index in [0.29, 0.717) is 37.4 Å². The Labute approximate surface area is 188 Å². The summed E-state index contributed by atoms with van der Waals surface area (Å²) in [5.41, 5.74) is 1.82. The number of nitrogens with zero attached hydrogens (tertiary/aromatic N) is 2. The summed E-state index contributed by atoms with van der Waals surface area (Å²) in [7, 11) is -2.07. The summed E-state index contributed by atoms with van der Waals surface area (Å²) in [6.45, 7) is 2.51. The first-order valence-electron chi connectivity index (χ1n) is 10.3. The van der Waals surface area contributed by atoms with Gasteiger partial charge < -0.3 is 14.5 Å². The third-order valence-electron chi connectivity index (χ3n) is 5.41. The number of hydrogen-bond acceptors (Lipinski definition) is 5. The van der Waals surface area contributed by atoms with Gasteiger partial charge in [-0.1, -0.05) is 36.4 Å². The fraction of sp³-hybridized carbons (Fsp3) is 0.208. The van der Waals surface area contributed by atoms with E-state index >= 15 is 0 Å². The first-order valence-corrected chi connectivity index (χ1v) is 11.8. The Hall–Kier alpha value is -3.52. The smallest absolute Gasteiger partial charge is 0.261 e. The lowest BCUT2D eigenvalue weighted by Gasteiger charge is -2.36. The van der Waals surface area contributed by atoms with Crippen molar-refractivity contribution >= 4 is 27.3 Å². The second-order valence-electron chi connectivity index (χ2n) is 7.45. The van der Waals surface area contributed by atoms with Crippen molar-refractivity contribution in [3.63, 3.8) is 0 Å². The highest BCUT2D eigenvalue weighted by atomic mass is 32.2.